The van der Waals surface area contributed by atoms with Gasteiger partial charge >= 0.3 is 0 Å². The molecule has 0 N–H and O–H groups in total. The number of carbonyl (C=O) groups excluding carboxylic acids is 1. The van der Waals surface area contributed by atoms with Crippen LogP contribution in [0.2, 0.25) is 0 Å². The number of piperidine rings is 1. The summed E-state index contributed by atoms with van der Waals surface area (Å²) in [5.74, 6) is 1.56. The van der Waals surface area contributed by atoms with Gasteiger partial charge in [-0.25, -0.2) is 4.98 Å². The fraction of sp³-hybridized carbons (Fsp3) is 0.353. The zero-order valence-electron chi connectivity index (χ0n) is 13.4. The van der Waals surface area contributed by atoms with Gasteiger partial charge in [-0.2, -0.15) is 0 Å². The van der Waals surface area contributed by atoms with Crippen LogP contribution >= 0.6 is 11.3 Å². The van der Waals surface area contributed by atoms with Crippen molar-refractivity contribution < 1.29 is 9.32 Å². The summed E-state index contributed by atoms with van der Waals surface area (Å²) in [4.78, 5) is 19.9. The number of hydrogen-bond donors (Lipinski definition) is 0. The van der Waals surface area contributed by atoms with Crippen LogP contribution in [-0.2, 0) is 0 Å². The molecule has 0 saturated carbocycles. The van der Waals surface area contributed by atoms with Crippen molar-refractivity contribution in [3.8, 4) is 10.6 Å². The highest BCUT2D eigenvalue weighted by atomic mass is 32.1. The Morgan fingerprint density at radius 2 is 2.38 bits per heavy atom. The van der Waals surface area contributed by atoms with E-state index in [0.717, 1.165) is 30.1 Å². The van der Waals surface area contributed by atoms with Crippen molar-refractivity contribution in [2.75, 3.05) is 13.1 Å². The number of imidazole rings is 1. The summed E-state index contributed by atoms with van der Waals surface area (Å²) in [6, 6.07) is 5.92. The number of carbonyl (C=O) groups is 1. The van der Waals surface area contributed by atoms with Gasteiger partial charge in [0.05, 0.1) is 10.9 Å². The average Bonchev–Trinajstić information content (AvgIpc) is 3.35. The summed E-state index contributed by atoms with van der Waals surface area (Å²) >= 11 is 1.57. The number of aryl methyl sites for hydroxylation is 1. The Labute approximate surface area is 143 Å². The van der Waals surface area contributed by atoms with Gasteiger partial charge in [-0.05, 0) is 31.2 Å². The van der Waals surface area contributed by atoms with Gasteiger partial charge in [0.2, 0.25) is 0 Å². The molecule has 1 atom stereocenters. The Balaban J connectivity index is 1.51. The van der Waals surface area contributed by atoms with E-state index < -0.39 is 0 Å². The van der Waals surface area contributed by atoms with Gasteiger partial charge < -0.3 is 14.0 Å². The first kappa shape index (κ1) is 15.1. The lowest BCUT2D eigenvalue weighted by molar-refractivity contribution is 0.0668. The van der Waals surface area contributed by atoms with Crippen LogP contribution in [0.25, 0.3) is 10.6 Å². The third kappa shape index (κ3) is 2.75. The van der Waals surface area contributed by atoms with Crippen molar-refractivity contribution in [3.05, 3.63) is 47.5 Å². The van der Waals surface area contributed by atoms with Crippen LogP contribution in [0.5, 0.6) is 0 Å². The molecule has 0 aliphatic carbocycles. The van der Waals surface area contributed by atoms with E-state index >= 15 is 0 Å². The molecule has 1 aliphatic rings. The van der Waals surface area contributed by atoms with Gasteiger partial charge in [-0.1, -0.05) is 11.2 Å². The van der Waals surface area contributed by atoms with E-state index in [1.165, 1.54) is 0 Å². The van der Waals surface area contributed by atoms with E-state index in [0.29, 0.717) is 18.0 Å². The van der Waals surface area contributed by atoms with E-state index in [2.05, 4.69) is 14.7 Å². The molecule has 3 aromatic rings. The Morgan fingerprint density at radius 3 is 3.12 bits per heavy atom. The number of thiophene rings is 1. The minimum absolute atomic E-state index is 0.0657. The third-order valence-corrected chi connectivity index (χ3v) is 5.32. The second-order valence-corrected chi connectivity index (χ2v) is 6.93. The predicted molar refractivity (Wildman–Crippen MR) is 91.0 cm³/mol. The minimum Gasteiger partial charge on any atom is -0.355 e. The highest BCUT2D eigenvalue weighted by Gasteiger charge is 2.28. The Bertz CT molecular complexity index is 837. The van der Waals surface area contributed by atoms with Gasteiger partial charge in [0.25, 0.3) is 5.91 Å². The molecule has 1 saturated heterocycles. The molecule has 0 aromatic carbocycles. The van der Waals surface area contributed by atoms with Gasteiger partial charge in [0.1, 0.15) is 5.82 Å². The molecule has 0 spiro atoms. The van der Waals surface area contributed by atoms with E-state index in [1.54, 1.807) is 23.6 Å². The zero-order chi connectivity index (χ0) is 16.5. The zero-order valence-corrected chi connectivity index (χ0v) is 14.2. The summed E-state index contributed by atoms with van der Waals surface area (Å²) in [7, 11) is 0. The number of hydrogen-bond acceptors (Lipinski definition) is 5. The lowest BCUT2D eigenvalue weighted by Crippen LogP contribution is -2.40. The number of likely N-dealkylation sites (tertiary alicyclic amines) is 1. The average molecular weight is 342 g/mol. The minimum atomic E-state index is -0.0657. The van der Waals surface area contributed by atoms with Crippen LogP contribution < -0.4 is 0 Å². The molecule has 3 aromatic heterocycles. The van der Waals surface area contributed by atoms with Crippen molar-refractivity contribution in [3.63, 3.8) is 0 Å². The molecule has 4 heterocycles. The Hall–Kier alpha value is -2.41. The third-order valence-electron chi connectivity index (χ3n) is 4.43. The van der Waals surface area contributed by atoms with Crippen LogP contribution in [0.3, 0.4) is 0 Å². The van der Waals surface area contributed by atoms with Gasteiger partial charge in [-0.15, -0.1) is 11.3 Å². The lowest BCUT2D eigenvalue weighted by atomic mass is 10.0. The van der Waals surface area contributed by atoms with Gasteiger partial charge in [0, 0.05) is 31.5 Å². The maximum absolute atomic E-state index is 12.8. The number of rotatable bonds is 3. The lowest BCUT2D eigenvalue weighted by Gasteiger charge is -2.33. The molecule has 1 aliphatic heterocycles. The van der Waals surface area contributed by atoms with E-state index in [9.17, 15) is 4.79 Å². The number of aromatic nitrogens is 3. The van der Waals surface area contributed by atoms with Crippen molar-refractivity contribution >= 4 is 17.2 Å². The molecule has 1 fully saturated rings. The smallest absolute Gasteiger partial charge is 0.276 e. The monoisotopic (exact) mass is 342 g/mol. The largest absolute Gasteiger partial charge is 0.355 e. The predicted octanol–water partition coefficient (Wildman–Crippen LogP) is 3.39. The van der Waals surface area contributed by atoms with Crippen molar-refractivity contribution in [1.29, 1.82) is 0 Å². The second kappa shape index (κ2) is 6.24. The first-order valence-corrected chi connectivity index (χ1v) is 8.89. The molecular formula is C17H18N4O2S. The standard InChI is InChI=1S/C17H18N4O2S/c1-12-18-6-8-21(12)13-4-2-7-20(11-13)17(22)14-10-15(23-19-14)16-5-3-9-24-16/h3,5-6,8-10,13H,2,4,7,11H2,1H3/t13-/m0/s1. The molecular weight excluding hydrogens is 324 g/mol. The van der Waals surface area contributed by atoms with Gasteiger partial charge in [0.15, 0.2) is 11.5 Å². The van der Waals surface area contributed by atoms with E-state index in [-0.39, 0.29) is 11.9 Å². The Kier molecular flexibility index (Phi) is 3.93. The summed E-state index contributed by atoms with van der Waals surface area (Å²) < 4.78 is 7.49. The molecule has 1 amide bonds. The fourth-order valence-electron chi connectivity index (χ4n) is 3.21. The van der Waals surface area contributed by atoms with Crippen LogP contribution in [0.4, 0.5) is 0 Å². The van der Waals surface area contributed by atoms with E-state index in [1.807, 2.05) is 35.5 Å². The molecule has 0 radical (unpaired) electrons. The second-order valence-electron chi connectivity index (χ2n) is 5.98. The summed E-state index contributed by atoms with van der Waals surface area (Å²) in [5, 5.41) is 5.95. The highest BCUT2D eigenvalue weighted by Crippen LogP contribution is 2.27. The Morgan fingerprint density at radius 1 is 1.46 bits per heavy atom. The molecule has 7 heteroatoms. The van der Waals surface area contributed by atoms with Crippen molar-refractivity contribution in [2.45, 2.75) is 25.8 Å². The molecule has 0 bridgehead atoms. The molecule has 4 rings (SSSR count). The molecule has 6 nitrogen and oxygen atoms in total. The number of amides is 1. The number of nitrogens with zero attached hydrogens (tertiary/aromatic N) is 4. The van der Waals surface area contributed by atoms with E-state index in [4.69, 9.17) is 4.52 Å². The molecule has 124 valence electrons. The van der Waals surface area contributed by atoms with Crippen LogP contribution in [-0.4, -0.2) is 38.6 Å². The maximum Gasteiger partial charge on any atom is 0.276 e. The van der Waals surface area contributed by atoms with Crippen LogP contribution in [0.1, 0.15) is 35.2 Å². The quantitative estimate of drug-likeness (QED) is 0.732. The fourth-order valence-corrected chi connectivity index (χ4v) is 3.89. The van der Waals surface area contributed by atoms with Gasteiger partial charge in [-0.3, -0.25) is 4.79 Å². The maximum atomic E-state index is 12.8. The molecule has 24 heavy (non-hydrogen) atoms. The van der Waals surface area contributed by atoms with Crippen molar-refractivity contribution in [2.24, 2.45) is 0 Å². The normalized spacial score (nSPS) is 18.0. The summed E-state index contributed by atoms with van der Waals surface area (Å²) in [6.07, 6.45) is 5.82. The van der Waals surface area contributed by atoms with Crippen LogP contribution in [0, 0.1) is 6.92 Å². The summed E-state index contributed by atoms with van der Waals surface area (Å²) in [5.41, 5.74) is 0.376. The highest BCUT2D eigenvalue weighted by molar-refractivity contribution is 7.13. The van der Waals surface area contributed by atoms with Crippen molar-refractivity contribution in [1.82, 2.24) is 19.6 Å². The SMILES string of the molecule is Cc1nccn1[C@H]1CCCN(C(=O)c2cc(-c3cccs3)on2)C1. The molecule has 0 unspecified atom stereocenters. The topological polar surface area (TPSA) is 64.2 Å². The van der Waals surface area contributed by atoms with Crippen LogP contribution in [0.15, 0.2) is 40.5 Å². The first-order valence-electron chi connectivity index (χ1n) is 8.01. The first-order chi connectivity index (χ1) is 11.7. The summed E-state index contributed by atoms with van der Waals surface area (Å²) in [6.45, 7) is 3.42.